The summed E-state index contributed by atoms with van der Waals surface area (Å²) in [7, 11) is 1.59. The Hall–Kier alpha value is -2.93. The zero-order chi connectivity index (χ0) is 17.6. The number of fused-ring (bicyclic) bond motifs is 1. The molecule has 25 heavy (non-hydrogen) atoms. The molecule has 0 fully saturated rings. The Morgan fingerprint density at radius 2 is 1.88 bits per heavy atom. The van der Waals surface area contributed by atoms with Gasteiger partial charge in [0.15, 0.2) is 6.61 Å². The molecule has 0 radical (unpaired) electrons. The van der Waals surface area contributed by atoms with Gasteiger partial charge in [-0.1, -0.05) is 12.1 Å². The van der Waals surface area contributed by atoms with Crippen molar-refractivity contribution in [2.75, 3.05) is 13.7 Å². The topological polar surface area (TPSA) is 72.8 Å². The van der Waals surface area contributed by atoms with Crippen molar-refractivity contribution in [3.8, 4) is 11.5 Å². The zero-order valence-electron chi connectivity index (χ0n) is 13.9. The molecule has 0 saturated carbocycles. The maximum atomic E-state index is 11.9. The van der Waals surface area contributed by atoms with E-state index in [0.29, 0.717) is 11.5 Å². The first kappa shape index (κ1) is 16.9. The Morgan fingerprint density at radius 3 is 2.60 bits per heavy atom. The van der Waals surface area contributed by atoms with E-state index in [1.165, 1.54) is 11.3 Å². The standard InChI is InChI=1S/C18H17N3O3S/c1-12(18-19-15-5-3-4-6-16(15)25-18)20-21-17(22)11-24-14-9-7-13(23-2)8-10-14/h3-10H,11H2,1-2H3,(H,21,22)/b20-12-. The molecule has 1 amide bonds. The third-order valence-corrected chi connectivity index (χ3v) is 4.53. The summed E-state index contributed by atoms with van der Waals surface area (Å²) in [6.45, 7) is 1.69. The Labute approximate surface area is 149 Å². The Bertz CT molecular complexity index is 870. The molecule has 0 spiro atoms. The van der Waals surface area contributed by atoms with Crippen LogP contribution in [-0.4, -0.2) is 30.3 Å². The van der Waals surface area contributed by atoms with E-state index in [4.69, 9.17) is 9.47 Å². The van der Waals surface area contributed by atoms with Gasteiger partial charge in [0.05, 0.1) is 23.0 Å². The number of ether oxygens (including phenoxy) is 2. The molecule has 2 aromatic carbocycles. The van der Waals surface area contributed by atoms with Crippen molar-refractivity contribution in [2.45, 2.75) is 6.92 Å². The van der Waals surface area contributed by atoms with Gasteiger partial charge in [0, 0.05) is 0 Å². The highest BCUT2D eigenvalue weighted by Gasteiger charge is 2.07. The zero-order valence-corrected chi connectivity index (χ0v) is 14.7. The number of aromatic nitrogens is 1. The van der Waals surface area contributed by atoms with Crippen molar-refractivity contribution in [1.29, 1.82) is 0 Å². The third-order valence-electron chi connectivity index (χ3n) is 3.38. The van der Waals surface area contributed by atoms with Gasteiger partial charge in [0.1, 0.15) is 16.5 Å². The largest absolute Gasteiger partial charge is 0.497 e. The maximum absolute atomic E-state index is 11.9. The highest BCUT2D eigenvalue weighted by atomic mass is 32.1. The summed E-state index contributed by atoms with van der Waals surface area (Å²) in [6.07, 6.45) is 0. The van der Waals surface area contributed by atoms with Crippen molar-refractivity contribution in [3.05, 3.63) is 53.5 Å². The number of hydrogen-bond acceptors (Lipinski definition) is 6. The van der Waals surface area contributed by atoms with Crippen LogP contribution in [0.2, 0.25) is 0 Å². The Kier molecular flexibility index (Phi) is 5.25. The second kappa shape index (κ2) is 7.76. The van der Waals surface area contributed by atoms with Crippen molar-refractivity contribution < 1.29 is 14.3 Å². The second-order valence-corrected chi connectivity index (χ2v) is 6.21. The van der Waals surface area contributed by atoms with Crippen LogP contribution in [0, 0.1) is 0 Å². The van der Waals surface area contributed by atoms with Crippen LogP contribution in [0.5, 0.6) is 11.5 Å². The monoisotopic (exact) mass is 355 g/mol. The molecule has 1 N–H and O–H groups in total. The molecule has 0 aliphatic carbocycles. The molecule has 3 rings (SSSR count). The lowest BCUT2D eigenvalue weighted by molar-refractivity contribution is -0.123. The Balaban J connectivity index is 1.55. The molecule has 0 unspecified atom stereocenters. The number of hydrazone groups is 1. The number of nitrogens with one attached hydrogen (secondary N) is 1. The van der Waals surface area contributed by atoms with Crippen LogP contribution in [0.15, 0.2) is 53.6 Å². The van der Waals surface area contributed by atoms with Crippen molar-refractivity contribution in [3.63, 3.8) is 0 Å². The van der Waals surface area contributed by atoms with E-state index in [1.807, 2.05) is 31.2 Å². The number of methoxy groups -OCH3 is 1. The lowest BCUT2D eigenvalue weighted by Crippen LogP contribution is -2.25. The van der Waals surface area contributed by atoms with Gasteiger partial charge >= 0.3 is 0 Å². The van der Waals surface area contributed by atoms with E-state index in [2.05, 4.69) is 15.5 Å². The molecule has 0 aliphatic rings. The van der Waals surface area contributed by atoms with Gasteiger partial charge in [-0.15, -0.1) is 11.3 Å². The third kappa shape index (κ3) is 4.33. The van der Waals surface area contributed by atoms with Crippen LogP contribution in [0.1, 0.15) is 11.9 Å². The lowest BCUT2D eigenvalue weighted by Gasteiger charge is -2.06. The van der Waals surface area contributed by atoms with Gasteiger partial charge in [-0.2, -0.15) is 5.10 Å². The number of hydrogen-bond donors (Lipinski definition) is 1. The molecule has 128 valence electrons. The second-order valence-electron chi connectivity index (χ2n) is 5.18. The van der Waals surface area contributed by atoms with E-state index in [-0.39, 0.29) is 12.5 Å². The van der Waals surface area contributed by atoms with E-state index < -0.39 is 0 Å². The van der Waals surface area contributed by atoms with Gasteiger partial charge in [0.25, 0.3) is 5.91 Å². The highest BCUT2D eigenvalue weighted by Crippen LogP contribution is 2.21. The fourth-order valence-corrected chi connectivity index (χ4v) is 2.98. The normalized spacial score (nSPS) is 11.4. The SMILES string of the molecule is COc1ccc(OCC(=O)N/N=C(/C)c2nc3ccccc3s2)cc1. The summed E-state index contributed by atoms with van der Waals surface area (Å²) < 4.78 is 11.6. The first-order chi connectivity index (χ1) is 12.2. The van der Waals surface area contributed by atoms with E-state index in [0.717, 1.165) is 21.0 Å². The van der Waals surface area contributed by atoms with Gasteiger partial charge in [0.2, 0.25) is 0 Å². The fourth-order valence-electron chi connectivity index (χ4n) is 2.07. The summed E-state index contributed by atoms with van der Waals surface area (Å²) in [5, 5.41) is 4.87. The highest BCUT2D eigenvalue weighted by molar-refractivity contribution is 7.20. The smallest absolute Gasteiger partial charge is 0.277 e. The van der Waals surface area contributed by atoms with Crippen LogP contribution < -0.4 is 14.9 Å². The van der Waals surface area contributed by atoms with E-state index in [9.17, 15) is 4.79 Å². The number of para-hydroxylation sites is 1. The quantitative estimate of drug-likeness (QED) is 0.544. The number of nitrogens with zero attached hydrogens (tertiary/aromatic N) is 2. The van der Waals surface area contributed by atoms with Gasteiger partial charge in [-0.25, -0.2) is 10.4 Å². The van der Waals surface area contributed by atoms with Crippen LogP contribution in [0.3, 0.4) is 0 Å². The summed E-state index contributed by atoms with van der Waals surface area (Å²) in [6, 6.07) is 14.9. The summed E-state index contributed by atoms with van der Waals surface area (Å²) >= 11 is 1.53. The van der Waals surface area contributed by atoms with Crippen molar-refractivity contribution >= 4 is 33.2 Å². The summed E-state index contributed by atoms with van der Waals surface area (Å²) in [5.74, 6) is 0.979. The van der Waals surface area contributed by atoms with Crippen molar-refractivity contribution in [1.82, 2.24) is 10.4 Å². The first-order valence-corrected chi connectivity index (χ1v) is 8.43. The van der Waals surface area contributed by atoms with Gasteiger partial charge in [-0.3, -0.25) is 4.79 Å². The van der Waals surface area contributed by atoms with Crippen LogP contribution in [-0.2, 0) is 4.79 Å². The molecule has 6 nitrogen and oxygen atoms in total. The average Bonchev–Trinajstić information content (AvgIpc) is 3.09. The number of carbonyl (C=O) groups excluding carboxylic acids is 1. The predicted molar refractivity (Wildman–Crippen MR) is 98.5 cm³/mol. The summed E-state index contributed by atoms with van der Waals surface area (Å²) in [5.41, 5.74) is 4.06. The first-order valence-electron chi connectivity index (χ1n) is 7.61. The molecular weight excluding hydrogens is 338 g/mol. The average molecular weight is 355 g/mol. The number of benzene rings is 2. The fraction of sp³-hybridized carbons (Fsp3) is 0.167. The van der Waals surface area contributed by atoms with Crippen LogP contribution >= 0.6 is 11.3 Å². The van der Waals surface area contributed by atoms with Crippen molar-refractivity contribution in [2.24, 2.45) is 5.10 Å². The molecule has 0 atom stereocenters. The molecule has 1 aromatic heterocycles. The molecule has 1 heterocycles. The minimum absolute atomic E-state index is 0.122. The minimum Gasteiger partial charge on any atom is -0.497 e. The van der Waals surface area contributed by atoms with Gasteiger partial charge in [-0.05, 0) is 43.3 Å². The predicted octanol–water partition coefficient (Wildman–Crippen LogP) is 3.22. The molecule has 0 bridgehead atoms. The van der Waals surface area contributed by atoms with E-state index in [1.54, 1.807) is 31.4 Å². The van der Waals surface area contributed by atoms with Crippen LogP contribution in [0.4, 0.5) is 0 Å². The summed E-state index contributed by atoms with van der Waals surface area (Å²) in [4.78, 5) is 16.4. The number of carbonyl (C=O) groups is 1. The minimum atomic E-state index is -0.337. The van der Waals surface area contributed by atoms with Crippen LogP contribution in [0.25, 0.3) is 10.2 Å². The molecule has 7 heteroatoms. The molecular formula is C18H17N3O3S. The number of thiazole rings is 1. The Morgan fingerprint density at radius 1 is 1.16 bits per heavy atom. The number of amides is 1. The molecule has 3 aromatic rings. The lowest BCUT2D eigenvalue weighted by atomic mass is 10.3. The van der Waals surface area contributed by atoms with E-state index >= 15 is 0 Å². The van der Waals surface area contributed by atoms with Gasteiger partial charge < -0.3 is 9.47 Å². The maximum Gasteiger partial charge on any atom is 0.277 e. The number of rotatable bonds is 6. The molecule has 0 aliphatic heterocycles. The molecule has 0 saturated heterocycles.